The third kappa shape index (κ3) is 64.5. The molecule has 0 fully saturated rings. The van der Waals surface area contributed by atoms with Gasteiger partial charge in [-0.2, -0.15) is 0 Å². The quantitative estimate of drug-likeness (QED) is 0.0261. The summed E-state index contributed by atoms with van der Waals surface area (Å²) in [5.41, 5.74) is 0. The lowest BCUT2D eigenvalue weighted by Crippen LogP contribution is -2.30. The van der Waals surface area contributed by atoms with Crippen molar-refractivity contribution in [3.8, 4) is 0 Å². The minimum absolute atomic E-state index is 0.107. The number of esters is 3. The molecule has 0 amide bonds. The summed E-state index contributed by atoms with van der Waals surface area (Å²) in [7, 11) is 0. The van der Waals surface area contributed by atoms with E-state index in [1.54, 1.807) is 0 Å². The summed E-state index contributed by atoms with van der Waals surface area (Å²) in [5, 5.41) is 0. The monoisotopic (exact) mass is 1090 g/mol. The van der Waals surface area contributed by atoms with Crippen LogP contribution in [0.15, 0.2) is 122 Å². The molecule has 0 saturated carbocycles. The Kier molecular flexibility index (Phi) is 62.8. The number of allylic oxidation sites excluding steroid dienone is 20. The topological polar surface area (TPSA) is 78.9 Å². The maximum atomic E-state index is 12.9. The highest BCUT2D eigenvalue weighted by molar-refractivity contribution is 5.71. The number of ether oxygens (including phenoxy) is 3. The van der Waals surface area contributed by atoms with Crippen molar-refractivity contribution >= 4 is 17.9 Å². The molecule has 1 atom stereocenters. The molecule has 0 N–H and O–H groups in total. The summed E-state index contributed by atoms with van der Waals surface area (Å²) >= 11 is 0. The van der Waals surface area contributed by atoms with E-state index in [0.29, 0.717) is 19.3 Å². The van der Waals surface area contributed by atoms with E-state index in [2.05, 4.69) is 136 Å². The summed E-state index contributed by atoms with van der Waals surface area (Å²) < 4.78 is 16.9. The number of unbranched alkanes of at least 4 members (excludes halogenated alkanes) is 28. The van der Waals surface area contributed by atoms with Gasteiger partial charge in [0.25, 0.3) is 0 Å². The van der Waals surface area contributed by atoms with Gasteiger partial charge in [-0.05, 0) is 122 Å². The molecule has 6 nitrogen and oxygen atoms in total. The first kappa shape index (κ1) is 74.8. The van der Waals surface area contributed by atoms with Gasteiger partial charge in [0.05, 0.1) is 0 Å². The third-order valence-corrected chi connectivity index (χ3v) is 13.9. The number of rotatable bonds is 59. The molecule has 0 bridgehead atoms. The third-order valence-electron chi connectivity index (χ3n) is 13.9. The van der Waals surface area contributed by atoms with Crippen LogP contribution >= 0.6 is 0 Å². The first-order valence-electron chi connectivity index (χ1n) is 33.0. The molecule has 79 heavy (non-hydrogen) atoms. The average Bonchev–Trinajstić information content (AvgIpc) is 3.45. The van der Waals surface area contributed by atoms with Gasteiger partial charge in [-0.15, -0.1) is 0 Å². The number of carbonyl (C=O) groups is 3. The summed E-state index contributed by atoms with van der Waals surface area (Å²) in [6.45, 7) is 6.44. The van der Waals surface area contributed by atoms with E-state index in [4.69, 9.17) is 14.2 Å². The fraction of sp³-hybridized carbons (Fsp3) is 0.685. The number of hydrogen-bond donors (Lipinski definition) is 0. The Morgan fingerprint density at radius 2 is 0.519 bits per heavy atom. The molecular weight excluding hydrogens is 973 g/mol. The molecule has 450 valence electrons. The molecule has 0 spiro atoms. The Morgan fingerprint density at radius 3 is 0.848 bits per heavy atom. The van der Waals surface area contributed by atoms with Crippen LogP contribution in [0.5, 0.6) is 0 Å². The molecule has 0 aromatic rings. The summed E-state index contributed by atoms with van der Waals surface area (Å²) in [6.07, 6.45) is 92.2. The zero-order chi connectivity index (χ0) is 57.1. The zero-order valence-electron chi connectivity index (χ0n) is 51.6. The molecule has 0 heterocycles. The van der Waals surface area contributed by atoms with Gasteiger partial charge in [-0.3, -0.25) is 14.4 Å². The molecule has 1 unspecified atom stereocenters. The van der Waals surface area contributed by atoms with Crippen molar-refractivity contribution in [2.24, 2.45) is 0 Å². The van der Waals surface area contributed by atoms with Gasteiger partial charge < -0.3 is 14.2 Å². The van der Waals surface area contributed by atoms with E-state index in [-0.39, 0.29) is 37.5 Å². The van der Waals surface area contributed by atoms with Crippen LogP contribution in [0.4, 0.5) is 0 Å². The van der Waals surface area contributed by atoms with Crippen molar-refractivity contribution in [1.29, 1.82) is 0 Å². The average molecular weight is 1100 g/mol. The fourth-order valence-electron chi connectivity index (χ4n) is 9.00. The lowest BCUT2D eigenvalue weighted by Gasteiger charge is -2.18. The molecule has 0 aromatic carbocycles. The molecule has 0 radical (unpaired) electrons. The lowest BCUT2D eigenvalue weighted by molar-refractivity contribution is -0.166. The van der Waals surface area contributed by atoms with Gasteiger partial charge in [0.15, 0.2) is 6.10 Å². The molecular formula is C73H122O6. The van der Waals surface area contributed by atoms with Crippen LogP contribution in [-0.2, 0) is 28.6 Å². The molecule has 0 rings (SSSR count). The van der Waals surface area contributed by atoms with Crippen molar-refractivity contribution in [2.75, 3.05) is 13.2 Å². The van der Waals surface area contributed by atoms with Gasteiger partial charge in [-0.25, -0.2) is 0 Å². The SMILES string of the molecule is CC/C=C\C/C=C\C/C=C\C/C=C\CCC(=O)OCC(COC(=O)CCCCCCCCCCCC/C=C\C/C=C\C/C=C\CCCCCCC)OC(=O)CCCCCCCCCC/C=C\C/C=C\C/C=C\CCCCCCC. The molecule has 0 aliphatic rings. The van der Waals surface area contributed by atoms with Crippen molar-refractivity contribution in [3.63, 3.8) is 0 Å². The van der Waals surface area contributed by atoms with Crippen LogP contribution in [0.25, 0.3) is 0 Å². The van der Waals surface area contributed by atoms with E-state index in [0.717, 1.165) is 96.3 Å². The van der Waals surface area contributed by atoms with E-state index in [1.807, 2.05) is 6.08 Å². The van der Waals surface area contributed by atoms with Gasteiger partial charge >= 0.3 is 17.9 Å². The summed E-state index contributed by atoms with van der Waals surface area (Å²) in [5.74, 6) is -0.999. The maximum Gasteiger partial charge on any atom is 0.306 e. The summed E-state index contributed by atoms with van der Waals surface area (Å²) in [4.78, 5) is 38.3. The van der Waals surface area contributed by atoms with Crippen LogP contribution in [0.2, 0.25) is 0 Å². The van der Waals surface area contributed by atoms with Crippen molar-refractivity contribution in [1.82, 2.24) is 0 Å². The van der Waals surface area contributed by atoms with E-state index >= 15 is 0 Å². The highest BCUT2D eigenvalue weighted by Crippen LogP contribution is 2.15. The van der Waals surface area contributed by atoms with Gasteiger partial charge in [0.2, 0.25) is 0 Å². The zero-order valence-corrected chi connectivity index (χ0v) is 51.6. The standard InChI is InChI=1S/C73H122O6/c1-4-7-10-13-16-19-22-25-27-29-31-33-35-36-38-39-41-43-45-48-51-54-57-60-63-66-72(75)78-69-70(68-77-71(74)65-62-59-56-53-50-47-24-21-18-15-12-9-6-3)79-73(76)67-64-61-58-55-52-49-46-44-42-40-37-34-32-30-28-26-23-20-17-14-11-8-5-2/h9,12,18,21-23,25-26,29-32,35-37,40,47,50,56,59,70H,4-8,10-11,13-17,19-20,24,27-28,33-34,38-39,41-46,48-49,51-55,57-58,60-69H2,1-3H3/b12-9-,21-18-,25-22-,26-23-,31-29-,32-30-,36-35-,40-37-,50-47-,59-56-. The van der Waals surface area contributed by atoms with Crippen LogP contribution in [0.3, 0.4) is 0 Å². The minimum Gasteiger partial charge on any atom is -0.462 e. The van der Waals surface area contributed by atoms with Crippen molar-refractivity contribution < 1.29 is 28.6 Å². The smallest absolute Gasteiger partial charge is 0.306 e. The number of hydrogen-bond acceptors (Lipinski definition) is 6. The lowest BCUT2D eigenvalue weighted by atomic mass is 10.1. The molecule has 0 aromatic heterocycles. The second-order valence-corrected chi connectivity index (χ2v) is 21.6. The largest absolute Gasteiger partial charge is 0.462 e. The molecule has 0 aliphatic heterocycles. The van der Waals surface area contributed by atoms with Crippen LogP contribution in [0, 0.1) is 0 Å². The van der Waals surface area contributed by atoms with E-state index in [1.165, 1.54) is 161 Å². The molecule has 0 aliphatic carbocycles. The van der Waals surface area contributed by atoms with Gasteiger partial charge in [0.1, 0.15) is 13.2 Å². The first-order valence-corrected chi connectivity index (χ1v) is 33.0. The Morgan fingerprint density at radius 1 is 0.266 bits per heavy atom. The highest BCUT2D eigenvalue weighted by atomic mass is 16.6. The van der Waals surface area contributed by atoms with Crippen molar-refractivity contribution in [2.45, 2.75) is 309 Å². The predicted molar refractivity (Wildman–Crippen MR) is 343 cm³/mol. The Balaban J connectivity index is 4.39. The van der Waals surface area contributed by atoms with E-state index < -0.39 is 6.10 Å². The first-order chi connectivity index (χ1) is 39.0. The van der Waals surface area contributed by atoms with Gasteiger partial charge in [-0.1, -0.05) is 284 Å². The van der Waals surface area contributed by atoms with E-state index in [9.17, 15) is 14.4 Å². The molecule has 6 heteroatoms. The Labute approximate surface area is 488 Å². The van der Waals surface area contributed by atoms with Crippen LogP contribution < -0.4 is 0 Å². The molecule has 0 saturated heterocycles. The Hall–Kier alpha value is -4.19. The van der Waals surface area contributed by atoms with Crippen LogP contribution in [0.1, 0.15) is 303 Å². The van der Waals surface area contributed by atoms with Crippen molar-refractivity contribution in [3.05, 3.63) is 122 Å². The second kappa shape index (κ2) is 66.3. The van der Waals surface area contributed by atoms with Gasteiger partial charge in [0, 0.05) is 19.3 Å². The predicted octanol–water partition coefficient (Wildman–Crippen LogP) is 22.8. The highest BCUT2D eigenvalue weighted by Gasteiger charge is 2.19. The second-order valence-electron chi connectivity index (χ2n) is 21.6. The Bertz CT molecular complexity index is 1640. The maximum absolute atomic E-state index is 12.9. The van der Waals surface area contributed by atoms with Crippen LogP contribution in [-0.4, -0.2) is 37.2 Å². The fourth-order valence-corrected chi connectivity index (χ4v) is 9.00. The normalized spacial score (nSPS) is 12.9. The minimum atomic E-state index is -0.818. The summed E-state index contributed by atoms with van der Waals surface area (Å²) in [6, 6.07) is 0. The number of carbonyl (C=O) groups excluding carboxylic acids is 3.